The number of hydrogen-bond acceptors (Lipinski definition) is 4. The largest absolute Gasteiger partial charge is 0.449 e. The lowest BCUT2D eigenvalue weighted by molar-refractivity contribution is -0.123. The number of amides is 2. The van der Waals surface area contributed by atoms with Gasteiger partial charge in [-0.2, -0.15) is 0 Å². The average Bonchev–Trinajstić information content (AvgIpc) is 3.22. The maximum atomic E-state index is 12.5. The molecule has 0 aliphatic carbocycles. The van der Waals surface area contributed by atoms with Gasteiger partial charge in [-0.15, -0.1) is 0 Å². The summed E-state index contributed by atoms with van der Waals surface area (Å²) < 4.78 is 5.68. The Morgan fingerprint density at radius 1 is 0.966 bits per heavy atom. The topological polar surface area (TPSA) is 84.2 Å². The van der Waals surface area contributed by atoms with Crippen LogP contribution in [0.4, 0.5) is 0 Å². The summed E-state index contributed by atoms with van der Waals surface area (Å²) in [4.78, 5) is 28.9. The predicted molar refractivity (Wildman–Crippen MR) is 112 cm³/mol. The van der Waals surface area contributed by atoms with Gasteiger partial charge in [0, 0.05) is 18.8 Å². The van der Waals surface area contributed by atoms with Crippen LogP contribution in [0, 0.1) is 12.8 Å². The molecular weight excluding hydrogens is 366 g/mol. The molecular formula is C23H25N3O3. The second kappa shape index (κ2) is 8.73. The van der Waals surface area contributed by atoms with Gasteiger partial charge in [-0.1, -0.05) is 49.7 Å². The summed E-state index contributed by atoms with van der Waals surface area (Å²) >= 11 is 0. The molecule has 2 amide bonds. The number of pyridine rings is 1. The molecule has 2 heterocycles. The van der Waals surface area contributed by atoms with Crippen molar-refractivity contribution in [2.24, 2.45) is 5.92 Å². The molecule has 0 fully saturated rings. The monoisotopic (exact) mass is 391 g/mol. The minimum absolute atomic E-state index is 0.0516. The van der Waals surface area contributed by atoms with Crippen LogP contribution in [0.2, 0.25) is 0 Å². The summed E-state index contributed by atoms with van der Waals surface area (Å²) in [6.07, 6.45) is 1.78. The number of nitrogens with one attached hydrogen (secondary N) is 2. The van der Waals surface area contributed by atoms with Gasteiger partial charge in [-0.3, -0.25) is 14.6 Å². The maximum Gasteiger partial charge on any atom is 0.287 e. The Morgan fingerprint density at radius 2 is 1.66 bits per heavy atom. The first-order valence-corrected chi connectivity index (χ1v) is 9.55. The van der Waals surface area contributed by atoms with Crippen molar-refractivity contribution in [1.29, 1.82) is 0 Å². The Kier molecular flexibility index (Phi) is 6.12. The summed E-state index contributed by atoms with van der Waals surface area (Å²) in [5.74, 6) is -0.0988. The minimum Gasteiger partial charge on any atom is -0.449 e. The third-order valence-electron chi connectivity index (χ3n) is 4.71. The van der Waals surface area contributed by atoms with Crippen molar-refractivity contribution in [1.82, 2.24) is 15.6 Å². The van der Waals surface area contributed by atoms with Gasteiger partial charge in [0.15, 0.2) is 11.5 Å². The average molecular weight is 391 g/mol. The van der Waals surface area contributed by atoms with E-state index >= 15 is 0 Å². The van der Waals surface area contributed by atoms with Crippen molar-refractivity contribution in [2.45, 2.75) is 26.8 Å². The molecule has 1 aromatic carbocycles. The summed E-state index contributed by atoms with van der Waals surface area (Å²) in [5.41, 5.74) is 3.93. The van der Waals surface area contributed by atoms with E-state index in [9.17, 15) is 9.59 Å². The molecule has 6 heteroatoms. The van der Waals surface area contributed by atoms with Gasteiger partial charge in [0.05, 0.1) is 0 Å². The van der Waals surface area contributed by atoms with Crippen LogP contribution in [-0.4, -0.2) is 29.9 Å². The fourth-order valence-electron chi connectivity index (χ4n) is 2.96. The van der Waals surface area contributed by atoms with Crippen molar-refractivity contribution < 1.29 is 14.0 Å². The molecule has 0 bridgehead atoms. The number of hydrogen-bond donors (Lipinski definition) is 2. The maximum absolute atomic E-state index is 12.5. The second-order valence-corrected chi connectivity index (χ2v) is 7.27. The molecule has 3 rings (SSSR count). The molecule has 29 heavy (non-hydrogen) atoms. The molecule has 0 aliphatic rings. The number of carbonyl (C=O) groups is 2. The number of benzene rings is 1. The van der Waals surface area contributed by atoms with Crippen LogP contribution in [-0.2, 0) is 4.79 Å². The van der Waals surface area contributed by atoms with E-state index in [1.54, 1.807) is 25.4 Å². The van der Waals surface area contributed by atoms with Crippen molar-refractivity contribution >= 4 is 11.8 Å². The lowest BCUT2D eigenvalue weighted by Crippen LogP contribution is -2.48. The lowest BCUT2D eigenvalue weighted by Gasteiger charge is -2.19. The second-order valence-electron chi connectivity index (χ2n) is 7.27. The fourth-order valence-corrected chi connectivity index (χ4v) is 2.96. The molecule has 2 aromatic heterocycles. The quantitative estimate of drug-likeness (QED) is 0.669. The molecule has 0 saturated carbocycles. The molecule has 1 atom stereocenters. The van der Waals surface area contributed by atoms with Gasteiger partial charge in [0.2, 0.25) is 5.91 Å². The van der Waals surface area contributed by atoms with Crippen LogP contribution in [0.25, 0.3) is 22.6 Å². The molecule has 6 nitrogen and oxygen atoms in total. The third-order valence-corrected chi connectivity index (χ3v) is 4.71. The number of likely N-dealkylation sites (N-methyl/N-ethyl adjacent to an activating group) is 1. The molecule has 150 valence electrons. The van der Waals surface area contributed by atoms with Gasteiger partial charge in [-0.05, 0) is 36.6 Å². The lowest BCUT2D eigenvalue weighted by atomic mass is 10.0. The van der Waals surface area contributed by atoms with E-state index in [0.29, 0.717) is 11.5 Å². The molecule has 0 saturated heterocycles. The van der Waals surface area contributed by atoms with Crippen LogP contribution in [0.3, 0.4) is 0 Å². The van der Waals surface area contributed by atoms with E-state index < -0.39 is 11.9 Å². The van der Waals surface area contributed by atoms with Gasteiger partial charge in [-0.25, -0.2) is 0 Å². The number of rotatable bonds is 6. The molecule has 0 aliphatic heterocycles. The highest BCUT2D eigenvalue weighted by Gasteiger charge is 2.25. The Hall–Kier alpha value is -3.41. The summed E-state index contributed by atoms with van der Waals surface area (Å²) in [6.45, 7) is 5.79. The molecule has 1 unspecified atom stereocenters. The van der Waals surface area contributed by atoms with Crippen LogP contribution < -0.4 is 10.6 Å². The van der Waals surface area contributed by atoms with Crippen LogP contribution in [0.1, 0.15) is 30.0 Å². The highest BCUT2D eigenvalue weighted by Crippen LogP contribution is 2.24. The van der Waals surface area contributed by atoms with Gasteiger partial charge < -0.3 is 15.1 Å². The Morgan fingerprint density at radius 3 is 2.24 bits per heavy atom. The normalized spacial score (nSPS) is 11.9. The van der Waals surface area contributed by atoms with E-state index in [0.717, 1.165) is 11.1 Å². The third kappa shape index (κ3) is 4.71. The number of furan rings is 1. The van der Waals surface area contributed by atoms with Gasteiger partial charge >= 0.3 is 0 Å². The SMILES string of the molecule is CNC(=O)C(NC(=O)c1ccc(-c2ccc(-c3ccc(C)cc3)cn2)o1)C(C)C. The van der Waals surface area contributed by atoms with E-state index in [2.05, 4.69) is 39.9 Å². The first-order valence-electron chi connectivity index (χ1n) is 9.55. The molecule has 0 spiro atoms. The number of aryl methyl sites for hydroxylation is 1. The van der Waals surface area contributed by atoms with E-state index in [1.165, 1.54) is 5.56 Å². The van der Waals surface area contributed by atoms with Gasteiger partial charge in [0.25, 0.3) is 5.91 Å². The number of nitrogens with zero attached hydrogens (tertiary/aromatic N) is 1. The Balaban J connectivity index is 1.74. The predicted octanol–water partition coefficient (Wildman–Crippen LogP) is 3.82. The van der Waals surface area contributed by atoms with Crippen LogP contribution in [0.5, 0.6) is 0 Å². The van der Waals surface area contributed by atoms with Crippen molar-refractivity contribution in [3.05, 3.63) is 66.1 Å². The highest BCUT2D eigenvalue weighted by molar-refractivity contribution is 5.96. The van der Waals surface area contributed by atoms with Crippen LogP contribution >= 0.6 is 0 Å². The number of aromatic nitrogens is 1. The Labute approximate surface area is 170 Å². The van der Waals surface area contributed by atoms with Crippen molar-refractivity contribution in [3.8, 4) is 22.6 Å². The summed E-state index contributed by atoms with van der Waals surface area (Å²) in [5, 5.41) is 5.28. The number of carbonyl (C=O) groups excluding carboxylic acids is 2. The zero-order chi connectivity index (χ0) is 21.0. The van der Waals surface area contributed by atoms with E-state index in [-0.39, 0.29) is 17.6 Å². The molecule has 3 aromatic rings. The zero-order valence-corrected chi connectivity index (χ0v) is 17.0. The fraction of sp³-hybridized carbons (Fsp3) is 0.261. The standard InChI is InChI=1S/C23H25N3O3/c1-14(2)21(23(28)24-4)26-22(27)20-12-11-19(29-20)18-10-9-17(13-25-18)16-7-5-15(3)6-8-16/h5-14,21H,1-4H3,(H,24,28)(H,26,27). The molecule has 0 radical (unpaired) electrons. The zero-order valence-electron chi connectivity index (χ0n) is 17.0. The molecule has 2 N–H and O–H groups in total. The summed E-state index contributed by atoms with van der Waals surface area (Å²) in [6, 6.07) is 14.7. The first kappa shape index (κ1) is 20.3. The summed E-state index contributed by atoms with van der Waals surface area (Å²) in [7, 11) is 1.54. The first-order chi connectivity index (χ1) is 13.9. The smallest absolute Gasteiger partial charge is 0.287 e. The van der Waals surface area contributed by atoms with Crippen molar-refractivity contribution in [2.75, 3.05) is 7.05 Å². The Bertz CT molecular complexity index is 989. The van der Waals surface area contributed by atoms with Crippen molar-refractivity contribution in [3.63, 3.8) is 0 Å². The van der Waals surface area contributed by atoms with Gasteiger partial charge in [0.1, 0.15) is 11.7 Å². The van der Waals surface area contributed by atoms with Crippen LogP contribution in [0.15, 0.2) is 59.1 Å². The van der Waals surface area contributed by atoms with E-state index in [1.807, 2.05) is 32.9 Å². The highest BCUT2D eigenvalue weighted by atomic mass is 16.4. The van der Waals surface area contributed by atoms with E-state index in [4.69, 9.17) is 4.42 Å². The minimum atomic E-state index is -0.632.